The zero-order valence-corrected chi connectivity index (χ0v) is 21.6. The first-order chi connectivity index (χ1) is 15.0. The zero-order valence-electron chi connectivity index (χ0n) is 20.6. The monoisotopic (exact) mass is 471 g/mol. The van der Waals surface area contributed by atoms with E-state index in [0.717, 1.165) is 0 Å². The summed E-state index contributed by atoms with van der Waals surface area (Å²) in [5.41, 5.74) is 1.91. The number of aromatic nitrogens is 2. The predicted molar refractivity (Wildman–Crippen MR) is 119 cm³/mol. The van der Waals surface area contributed by atoms with Crippen LogP contribution in [0.5, 0.6) is 0 Å². The maximum absolute atomic E-state index is 13.4. The van der Waals surface area contributed by atoms with Gasteiger partial charge in [-0.3, -0.25) is 9.59 Å². The van der Waals surface area contributed by atoms with Crippen molar-refractivity contribution in [2.75, 3.05) is 0 Å². The molecule has 33 heavy (non-hydrogen) atoms. The van der Waals surface area contributed by atoms with Crippen molar-refractivity contribution in [2.24, 2.45) is 0 Å². The molecule has 2 rings (SSSR count). The van der Waals surface area contributed by atoms with Gasteiger partial charge in [0.1, 0.15) is 5.82 Å². The molecular formula is C23H31FN3NaO5. The number of nitrogens with zero attached hydrogens (tertiary/aromatic N) is 2. The van der Waals surface area contributed by atoms with E-state index in [1.54, 1.807) is 6.08 Å². The molecule has 1 amide bonds. The molecule has 0 bridgehead atoms. The van der Waals surface area contributed by atoms with Crippen molar-refractivity contribution in [1.82, 2.24) is 15.1 Å². The first-order valence-corrected chi connectivity index (χ1v) is 10.4. The number of hydrogen-bond donors (Lipinski definition) is 4. The number of aliphatic hydroxyl groups excluding tert-OH is 2. The number of carbonyl (C=O) groups excluding carboxylic acids is 1. The minimum Gasteiger partial charge on any atom is -1.00 e. The van der Waals surface area contributed by atoms with Crippen molar-refractivity contribution in [1.29, 1.82) is 0 Å². The van der Waals surface area contributed by atoms with Crippen LogP contribution in [0, 0.1) is 5.82 Å². The van der Waals surface area contributed by atoms with Crippen LogP contribution in [0.15, 0.2) is 30.3 Å². The normalized spacial score (nSPS) is 13.2. The van der Waals surface area contributed by atoms with Crippen LogP contribution in [0.3, 0.4) is 0 Å². The summed E-state index contributed by atoms with van der Waals surface area (Å²) in [4.78, 5) is 23.5. The maximum atomic E-state index is 13.4. The Morgan fingerprint density at radius 1 is 1.18 bits per heavy atom. The fourth-order valence-electron chi connectivity index (χ4n) is 3.29. The molecule has 0 saturated carbocycles. The van der Waals surface area contributed by atoms with Gasteiger partial charge in [-0.05, 0) is 50.1 Å². The van der Waals surface area contributed by atoms with E-state index in [-0.39, 0.29) is 61.0 Å². The number of aliphatic carboxylic acids is 1. The van der Waals surface area contributed by atoms with Gasteiger partial charge in [-0.1, -0.05) is 19.9 Å². The Morgan fingerprint density at radius 2 is 1.79 bits per heavy atom. The summed E-state index contributed by atoms with van der Waals surface area (Å²) in [6.07, 6.45) is 0.0362. The van der Waals surface area contributed by atoms with Gasteiger partial charge >= 0.3 is 35.5 Å². The van der Waals surface area contributed by atoms with E-state index in [2.05, 4.69) is 10.4 Å². The standard InChI is InChI=1S/C23H30FN3O5.Na.H/c1-13(2)21-19(10-9-17(28)11-18(29)12-20(30)31)27(16-7-5-15(24)6-8-16)26-22(21)23(32)25-14(3)4;;/h5-10,13-14,17-18,28-29H,11-12H2,1-4H3,(H,25,32)(H,30,31);;/q;+1;-1/b10-9+;;/t17-,18+;;/m0../s1. The van der Waals surface area contributed by atoms with E-state index < -0.39 is 30.4 Å². The summed E-state index contributed by atoms with van der Waals surface area (Å²) in [5, 5.41) is 36.1. The van der Waals surface area contributed by atoms with Gasteiger partial charge in [-0.2, -0.15) is 5.10 Å². The molecule has 176 valence electrons. The molecule has 10 heteroatoms. The number of amides is 1. The third-order valence-electron chi connectivity index (χ3n) is 4.64. The molecule has 0 radical (unpaired) electrons. The Balaban J connectivity index is 0.00000544. The molecule has 8 nitrogen and oxygen atoms in total. The molecule has 4 N–H and O–H groups in total. The Hall–Kier alpha value is -2.04. The molecule has 0 fully saturated rings. The van der Waals surface area contributed by atoms with Crippen molar-refractivity contribution < 1.29 is 60.3 Å². The van der Waals surface area contributed by atoms with Crippen LogP contribution in [0.25, 0.3) is 11.8 Å². The van der Waals surface area contributed by atoms with Crippen molar-refractivity contribution >= 4 is 18.0 Å². The molecule has 2 aromatic rings. The van der Waals surface area contributed by atoms with E-state index in [0.29, 0.717) is 16.9 Å². The first-order valence-electron chi connectivity index (χ1n) is 10.4. The Bertz CT molecular complexity index is 980. The van der Waals surface area contributed by atoms with E-state index >= 15 is 0 Å². The third-order valence-corrected chi connectivity index (χ3v) is 4.64. The number of nitrogens with one attached hydrogen (secondary N) is 1. The van der Waals surface area contributed by atoms with Gasteiger partial charge in [0.05, 0.1) is 30.0 Å². The minimum atomic E-state index is -1.20. The van der Waals surface area contributed by atoms with Crippen LogP contribution >= 0.6 is 0 Å². The van der Waals surface area contributed by atoms with E-state index in [1.807, 2.05) is 27.7 Å². The summed E-state index contributed by atoms with van der Waals surface area (Å²) in [6.45, 7) is 7.48. The van der Waals surface area contributed by atoms with Crippen molar-refractivity contribution in [3.63, 3.8) is 0 Å². The molecule has 0 saturated heterocycles. The van der Waals surface area contributed by atoms with Gasteiger partial charge in [-0.25, -0.2) is 9.07 Å². The Kier molecular flexibility index (Phi) is 11.4. The summed E-state index contributed by atoms with van der Waals surface area (Å²) >= 11 is 0. The quantitative estimate of drug-likeness (QED) is 0.362. The number of rotatable bonds is 10. The molecule has 0 aliphatic carbocycles. The van der Waals surface area contributed by atoms with Gasteiger partial charge in [0.15, 0.2) is 5.69 Å². The molecule has 0 unspecified atom stereocenters. The Labute approximate surface area is 216 Å². The summed E-state index contributed by atoms with van der Waals surface area (Å²) < 4.78 is 14.9. The van der Waals surface area contributed by atoms with E-state index in [4.69, 9.17) is 5.11 Å². The van der Waals surface area contributed by atoms with E-state index in [9.17, 15) is 24.2 Å². The van der Waals surface area contributed by atoms with Gasteiger partial charge in [-0.15, -0.1) is 0 Å². The van der Waals surface area contributed by atoms with Crippen LogP contribution in [-0.4, -0.2) is 55.2 Å². The summed E-state index contributed by atoms with van der Waals surface area (Å²) in [6, 6.07) is 5.52. The second kappa shape index (κ2) is 13.0. The van der Waals surface area contributed by atoms with Crippen LogP contribution in [0.4, 0.5) is 4.39 Å². The fourth-order valence-corrected chi connectivity index (χ4v) is 3.29. The number of carbonyl (C=O) groups is 2. The average molecular weight is 472 g/mol. The second-order valence-corrected chi connectivity index (χ2v) is 8.23. The van der Waals surface area contributed by atoms with Crippen LogP contribution in [-0.2, 0) is 4.79 Å². The molecule has 2 atom stereocenters. The molecule has 0 spiro atoms. The number of carboxylic acid groups (broad SMARTS) is 1. The van der Waals surface area contributed by atoms with Crippen molar-refractivity contribution in [2.45, 2.75) is 64.7 Å². The minimum absolute atomic E-state index is 0. The number of halogens is 1. The topological polar surface area (TPSA) is 125 Å². The predicted octanol–water partition coefficient (Wildman–Crippen LogP) is -0.0107. The summed E-state index contributed by atoms with van der Waals surface area (Å²) in [5.74, 6) is -2.03. The van der Waals surface area contributed by atoms with Crippen LogP contribution in [0.1, 0.15) is 69.6 Å². The number of carboxylic acids is 1. The molecule has 1 heterocycles. The Morgan fingerprint density at radius 3 is 2.30 bits per heavy atom. The van der Waals surface area contributed by atoms with Gasteiger partial charge in [0.2, 0.25) is 0 Å². The number of hydrogen-bond acceptors (Lipinski definition) is 5. The molecular weight excluding hydrogens is 440 g/mol. The smallest absolute Gasteiger partial charge is 1.00 e. The zero-order chi connectivity index (χ0) is 24.0. The fraction of sp³-hybridized carbons (Fsp3) is 0.435. The molecule has 0 aliphatic heterocycles. The average Bonchev–Trinajstić information content (AvgIpc) is 3.05. The SMILES string of the molecule is CC(C)NC(=O)c1nn(-c2ccc(F)cc2)c(/C=C/[C@H](O)C[C@@H](O)CC(=O)O)c1C(C)C.[H-].[Na+]. The van der Waals surface area contributed by atoms with Gasteiger partial charge < -0.3 is 22.1 Å². The molecule has 1 aromatic heterocycles. The second-order valence-electron chi connectivity index (χ2n) is 8.23. The summed E-state index contributed by atoms with van der Waals surface area (Å²) in [7, 11) is 0. The van der Waals surface area contributed by atoms with Crippen molar-refractivity contribution in [3.05, 3.63) is 53.1 Å². The third kappa shape index (κ3) is 8.35. The van der Waals surface area contributed by atoms with Gasteiger partial charge in [0.25, 0.3) is 5.91 Å². The number of benzene rings is 1. The van der Waals surface area contributed by atoms with Crippen LogP contribution in [0.2, 0.25) is 0 Å². The maximum Gasteiger partial charge on any atom is 1.00 e. The van der Waals surface area contributed by atoms with Gasteiger partial charge in [0, 0.05) is 18.0 Å². The molecule has 0 aliphatic rings. The van der Waals surface area contributed by atoms with Crippen molar-refractivity contribution in [3.8, 4) is 5.69 Å². The largest absolute Gasteiger partial charge is 1.00 e. The first kappa shape index (κ1) is 29.0. The van der Waals surface area contributed by atoms with E-state index in [1.165, 1.54) is 35.0 Å². The van der Waals surface area contributed by atoms with Crippen LogP contribution < -0.4 is 34.9 Å². The number of aliphatic hydroxyl groups is 2. The molecule has 1 aromatic carbocycles.